The highest BCUT2D eigenvalue weighted by atomic mass is 19.4. The zero-order valence-corrected chi connectivity index (χ0v) is 18.2. The Morgan fingerprint density at radius 1 is 1.14 bits per heavy atom. The first-order chi connectivity index (χ1) is 16.5. The lowest BCUT2D eigenvalue weighted by atomic mass is 10.1. The number of benzene rings is 1. The van der Waals surface area contributed by atoms with Crippen molar-refractivity contribution in [3.8, 4) is 11.3 Å². The smallest absolute Gasteiger partial charge is 0.381 e. The molecule has 0 spiro atoms. The van der Waals surface area contributed by atoms with Crippen LogP contribution < -0.4 is 16.4 Å². The van der Waals surface area contributed by atoms with Crippen molar-refractivity contribution in [1.82, 2.24) is 25.0 Å². The molecule has 0 unspecified atom stereocenters. The molecule has 8 nitrogen and oxygen atoms in total. The number of hydrogen-bond donors (Lipinski definition) is 3. The maximum Gasteiger partial charge on any atom is 0.423 e. The largest absolute Gasteiger partial charge is 0.423 e. The molecule has 2 atom stereocenters. The maximum atomic E-state index is 14.8. The number of nitrogens with one attached hydrogen (secondary N) is 3. The van der Waals surface area contributed by atoms with Gasteiger partial charge in [0.2, 0.25) is 0 Å². The summed E-state index contributed by atoms with van der Waals surface area (Å²) in [6, 6.07) is 4.84. The predicted molar refractivity (Wildman–Crippen MR) is 118 cm³/mol. The number of H-pyrrole nitrogens is 2. The van der Waals surface area contributed by atoms with Crippen molar-refractivity contribution >= 4 is 16.5 Å². The molecule has 0 aliphatic rings. The summed E-state index contributed by atoms with van der Waals surface area (Å²) in [4.78, 5) is 24.4. The van der Waals surface area contributed by atoms with Gasteiger partial charge in [-0.15, -0.1) is 0 Å². The number of alkyl halides is 4. The van der Waals surface area contributed by atoms with Gasteiger partial charge in [-0.25, -0.2) is 13.9 Å². The highest BCUT2D eigenvalue weighted by Crippen LogP contribution is 2.32. The Hall–Kier alpha value is -4.03. The highest BCUT2D eigenvalue weighted by molar-refractivity contribution is 5.86. The van der Waals surface area contributed by atoms with Crippen molar-refractivity contribution in [1.29, 1.82) is 0 Å². The molecule has 1 aromatic carbocycles. The third-order valence-electron chi connectivity index (χ3n) is 5.40. The quantitative estimate of drug-likeness (QED) is 0.338. The van der Waals surface area contributed by atoms with E-state index in [1.54, 1.807) is 17.2 Å². The van der Waals surface area contributed by atoms with Gasteiger partial charge in [0.1, 0.15) is 17.6 Å². The van der Waals surface area contributed by atoms with E-state index in [1.807, 2.05) is 0 Å². The second kappa shape index (κ2) is 9.31. The fourth-order valence-corrected chi connectivity index (χ4v) is 3.85. The highest BCUT2D eigenvalue weighted by Gasteiger charge is 2.37. The number of pyridine rings is 1. The lowest BCUT2D eigenvalue weighted by molar-refractivity contribution is -0.138. The Morgan fingerprint density at radius 2 is 1.91 bits per heavy atom. The predicted octanol–water partition coefficient (Wildman–Crippen LogP) is 3.86. The second-order valence-electron chi connectivity index (χ2n) is 8.03. The molecule has 3 heterocycles. The number of aromatic nitrogens is 5. The van der Waals surface area contributed by atoms with Gasteiger partial charge in [0.15, 0.2) is 0 Å². The van der Waals surface area contributed by atoms with Gasteiger partial charge in [0, 0.05) is 30.4 Å². The minimum atomic E-state index is -4.93. The summed E-state index contributed by atoms with van der Waals surface area (Å²) in [5, 5.41) is 14.5. The van der Waals surface area contributed by atoms with E-state index in [2.05, 4.69) is 20.6 Å². The van der Waals surface area contributed by atoms with Crippen molar-refractivity contribution in [2.24, 2.45) is 0 Å². The summed E-state index contributed by atoms with van der Waals surface area (Å²) in [6.45, 7) is 1.04. The van der Waals surface area contributed by atoms with Crippen LogP contribution in [0.1, 0.15) is 18.9 Å². The van der Waals surface area contributed by atoms with E-state index in [1.165, 1.54) is 25.4 Å². The average molecular weight is 494 g/mol. The summed E-state index contributed by atoms with van der Waals surface area (Å²) < 4.78 is 70.0. The van der Waals surface area contributed by atoms with Gasteiger partial charge in [0.05, 0.1) is 29.5 Å². The average Bonchev–Trinajstić information content (AvgIpc) is 3.29. The second-order valence-corrected chi connectivity index (χ2v) is 8.03. The molecule has 35 heavy (non-hydrogen) atoms. The standard InChI is InChI=1S/C22H19F5N6O2/c1-11(30-18-9-29-32-20(34)19(18)22(25,26)27)6-13(23)10-33-5-3-12-7-15(17-2-4-28-31-17)16(24)8-14(12)21(33)35/h2-5,7-9,11,13H,6,10H2,1H3,(H,28,31)(H2,30,32,34)/t11-,13+/m1/s1. The van der Waals surface area contributed by atoms with Crippen LogP contribution in [-0.2, 0) is 12.7 Å². The lowest BCUT2D eigenvalue weighted by Gasteiger charge is -2.20. The van der Waals surface area contributed by atoms with E-state index in [-0.39, 0.29) is 17.4 Å². The van der Waals surface area contributed by atoms with Crippen LogP contribution in [0.2, 0.25) is 0 Å². The Bertz CT molecular complexity index is 1460. The number of hydrogen-bond acceptors (Lipinski definition) is 5. The van der Waals surface area contributed by atoms with Gasteiger partial charge < -0.3 is 9.88 Å². The minimum Gasteiger partial charge on any atom is -0.381 e. The zero-order valence-electron chi connectivity index (χ0n) is 18.2. The zero-order chi connectivity index (χ0) is 25.3. The first-order valence-electron chi connectivity index (χ1n) is 10.4. The van der Waals surface area contributed by atoms with Crippen LogP contribution in [-0.4, -0.2) is 37.2 Å². The summed E-state index contributed by atoms with van der Waals surface area (Å²) in [7, 11) is 0. The first-order valence-corrected chi connectivity index (χ1v) is 10.4. The van der Waals surface area contributed by atoms with E-state index >= 15 is 0 Å². The monoisotopic (exact) mass is 494 g/mol. The molecule has 3 aromatic heterocycles. The van der Waals surface area contributed by atoms with Gasteiger partial charge >= 0.3 is 6.18 Å². The van der Waals surface area contributed by atoms with E-state index in [9.17, 15) is 31.5 Å². The van der Waals surface area contributed by atoms with Gasteiger partial charge in [-0.1, -0.05) is 0 Å². The third kappa shape index (κ3) is 5.08. The van der Waals surface area contributed by atoms with Crippen molar-refractivity contribution in [3.05, 3.63) is 74.9 Å². The molecule has 0 fully saturated rings. The lowest BCUT2D eigenvalue weighted by Crippen LogP contribution is -2.30. The molecular formula is C22H19F5N6O2. The van der Waals surface area contributed by atoms with Gasteiger partial charge in [-0.3, -0.25) is 14.7 Å². The Morgan fingerprint density at radius 3 is 2.60 bits per heavy atom. The molecule has 4 aromatic rings. The molecule has 0 radical (unpaired) electrons. The minimum absolute atomic E-state index is 0.0519. The third-order valence-corrected chi connectivity index (χ3v) is 5.40. The van der Waals surface area contributed by atoms with E-state index in [4.69, 9.17) is 0 Å². The summed E-state index contributed by atoms with van der Waals surface area (Å²) in [5.74, 6) is -0.654. The summed E-state index contributed by atoms with van der Waals surface area (Å²) in [6.07, 6.45) is -3.21. The number of nitrogens with zero attached hydrogens (tertiary/aromatic N) is 3. The number of halogens is 5. The fourth-order valence-electron chi connectivity index (χ4n) is 3.85. The number of fused-ring (bicyclic) bond motifs is 1. The van der Waals surface area contributed by atoms with Crippen LogP contribution in [0.4, 0.5) is 27.6 Å². The van der Waals surface area contributed by atoms with Crippen LogP contribution in [0, 0.1) is 5.82 Å². The molecule has 0 amide bonds. The Balaban J connectivity index is 1.50. The van der Waals surface area contributed by atoms with Crippen LogP contribution in [0.3, 0.4) is 0 Å². The number of aromatic amines is 2. The molecule has 0 saturated heterocycles. The van der Waals surface area contributed by atoms with Crippen LogP contribution in [0.25, 0.3) is 22.0 Å². The molecule has 13 heteroatoms. The molecule has 3 N–H and O–H groups in total. The summed E-state index contributed by atoms with van der Waals surface area (Å²) in [5.41, 5.74) is -3.41. The molecule has 0 bridgehead atoms. The normalized spacial score (nSPS) is 13.7. The Kier molecular flexibility index (Phi) is 6.41. The molecule has 4 rings (SSSR count). The Labute approximate surface area is 193 Å². The number of anilines is 1. The van der Waals surface area contributed by atoms with E-state index in [0.29, 0.717) is 11.1 Å². The molecule has 0 aliphatic carbocycles. The molecule has 184 valence electrons. The van der Waals surface area contributed by atoms with Crippen LogP contribution >= 0.6 is 0 Å². The number of rotatable bonds is 7. The molecular weight excluding hydrogens is 475 g/mol. The molecule has 0 aliphatic heterocycles. The van der Waals surface area contributed by atoms with Gasteiger partial charge in [-0.05, 0) is 36.6 Å². The topological polar surface area (TPSA) is 108 Å². The van der Waals surface area contributed by atoms with Crippen LogP contribution in [0.5, 0.6) is 0 Å². The van der Waals surface area contributed by atoms with E-state index < -0.39 is 53.1 Å². The van der Waals surface area contributed by atoms with E-state index in [0.717, 1.165) is 16.8 Å². The first kappa shape index (κ1) is 24.1. The van der Waals surface area contributed by atoms with Gasteiger partial charge in [-0.2, -0.15) is 23.4 Å². The van der Waals surface area contributed by atoms with Crippen LogP contribution in [0.15, 0.2) is 52.4 Å². The van der Waals surface area contributed by atoms with Gasteiger partial charge in [0.25, 0.3) is 11.1 Å². The van der Waals surface area contributed by atoms with Crippen molar-refractivity contribution in [2.45, 2.75) is 38.3 Å². The maximum absolute atomic E-state index is 14.8. The fraction of sp³-hybridized carbons (Fsp3) is 0.273. The summed E-state index contributed by atoms with van der Waals surface area (Å²) >= 11 is 0. The molecule has 0 saturated carbocycles. The van der Waals surface area contributed by atoms with Crippen molar-refractivity contribution in [2.75, 3.05) is 5.32 Å². The SMILES string of the molecule is C[C@H](C[C@H](F)Cn1ccc2cc(-c3ccn[nH]3)c(F)cc2c1=O)Nc1cn[nH]c(=O)c1C(F)(F)F. The van der Waals surface area contributed by atoms with Crippen molar-refractivity contribution < 1.29 is 22.0 Å². The van der Waals surface area contributed by atoms with Crippen molar-refractivity contribution in [3.63, 3.8) is 0 Å².